The van der Waals surface area contributed by atoms with Gasteiger partial charge >= 0.3 is 0 Å². The number of rotatable bonds is 5. The summed E-state index contributed by atoms with van der Waals surface area (Å²) in [6.45, 7) is 7.07. The van der Waals surface area contributed by atoms with Crippen molar-refractivity contribution in [3.8, 4) is 39.5 Å². The van der Waals surface area contributed by atoms with Gasteiger partial charge in [-0.15, -0.1) is 54.1 Å². The van der Waals surface area contributed by atoms with Crippen LogP contribution in [0, 0.1) is 12.1 Å². The fourth-order valence-electron chi connectivity index (χ4n) is 6.19. The van der Waals surface area contributed by atoms with E-state index < -0.39 is 8.07 Å². The van der Waals surface area contributed by atoms with Crippen LogP contribution in [0.3, 0.4) is 0 Å². The van der Waals surface area contributed by atoms with Gasteiger partial charge in [0.1, 0.15) is 5.58 Å². The molecule has 0 saturated carbocycles. The zero-order valence-corrected chi connectivity index (χ0v) is 31.9. The Labute approximate surface area is 312 Å². The van der Waals surface area contributed by atoms with Gasteiger partial charge in [0.05, 0.1) is 25.0 Å². The molecular formula is C44H34IrN4OSi-2. The summed E-state index contributed by atoms with van der Waals surface area (Å²) in [7, 11) is -1.48. The van der Waals surface area contributed by atoms with Crippen LogP contribution in [0.4, 0.5) is 0 Å². The van der Waals surface area contributed by atoms with Crippen molar-refractivity contribution >= 4 is 46.4 Å². The molecule has 4 aromatic heterocycles. The zero-order valence-electron chi connectivity index (χ0n) is 28.5. The summed E-state index contributed by atoms with van der Waals surface area (Å²) in [5.74, 6) is 0.763. The topological polar surface area (TPSA) is 56.7 Å². The van der Waals surface area contributed by atoms with E-state index in [0.29, 0.717) is 0 Å². The van der Waals surface area contributed by atoms with Crippen molar-refractivity contribution in [1.29, 1.82) is 0 Å². The predicted molar refractivity (Wildman–Crippen MR) is 207 cm³/mol. The summed E-state index contributed by atoms with van der Waals surface area (Å²) in [4.78, 5) is 14.3. The molecule has 0 bridgehead atoms. The van der Waals surface area contributed by atoms with Gasteiger partial charge in [0, 0.05) is 49.1 Å². The van der Waals surface area contributed by atoms with Crippen LogP contribution in [-0.2, 0) is 20.1 Å². The second-order valence-corrected chi connectivity index (χ2v) is 18.3. The third kappa shape index (κ3) is 6.84. The maximum Gasteiger partial charge on any atom is 0.155 e. The second-order valence-electron chi connectivity index (χ2n) is 13.2. The maximum absolute atomic E-state index is 6.57. The van der Waals surface area contributed by atoms with Gasteiger partial charge in [0.25, 0.3) is 0 Å². The van der Waals surface area contributed by atoms with Crippen LogP contribution < -0.4 is 5.19 Å². The van der Waals surface area contributed by atoms with Crippen molar-refractivity contribution in [3.63, 3.8) is 0 Å². The van der Waals surface area contributed by atoms with Gasteiger partial charge in [0.2, 0.25) is 0 Å². The largest absolute Gasteiger partial charge is 0.501 e. The first kappa shape index (κ1) is 34.0. The molecule has 5 aromatic carbocycles. The van der Waals surface area contributed by atoms with Crippen molar-refractivity contribution in [3.05, 3.63) is 164 Å². The number of nitrogens with zero attached hydrogens (tertiary/aromatic N) is 4. The van der Waals surface area contributed by atoms with E-state index in [1.54, 1.807) is 6.20 Å². The molecule has 0 aliphatic heterocycles. The first-order valence-electron chi connectivity index (χ1n) is 16.7. The van der Waals surface area contributed by atoms with Crippen LogP contribution in [0.1, 0.15) is 0 Å². The molecule has 51 heavy (non-hydrogen) atoms. The molecule has 7 heteroatoms. The van der Waals surface area contributed by atoms with E-state index in [1.165, 1.54) is 5.19 Å². The minimum atomic E-state index is -1.48. The number of para-hydroxylation sites is 1. The second kappa shape index (κ2) is 14.4. The van der Waals surface area contributed by atoms with Crippen LogP contribution in [-0.4, -0.2) is 27.6 Å². The van der Waals surface area contributed by atoms with Crippen LogP contribution in [0.2, 0.25) is 19.6 Å². The average molecular weight is 855 g/mol. The number of hydrogen-bond acceptors (Lipinski definition) is 4. The molecule has 0 saturated heterocycles. The Morgan fingerprint density at radius 2 is 1.43 bits per heavy atom. The molecule has 0 fully saturated rings. The number of aromatic nitrogens is 4. The molecule has 0 unspecified atom stereocenters. The summed E-state index contributed by atoms with van der Waals surface area (Å²) in [6, 6.07) is 53.7. The molecule has 0 atom stereocenters. The number of furan rings is 1. The van der Waals surface area contributed by atoms with E-state index in [2.05, 4.69) is 95.9 Å². The molecule has 0 spiro atoms. The van der Waals surface area contributed by atoms with Gasteiger partial charge in [-0.1, -0.05) is 109 Å². The van der Waals surface area contributed by atoms with Crippen LogP contribution in [0.15, 0.2) is 156 Å². The Balaban J connectivity index is 0.000000265. The summed E-state index contributed by atoms with van der Waals surface area (Å²) < 4.78 is 8.68. The maximum atomic E-state index is 6.57. The van der Waals surface area contributed by atoms with Gasteiger partial charge in [0.15, 0.2) is 5.65 Å². The molecule has 0 amide bonds. The molecule has 1 radical (unpaired) electrons. The van der Waals surface area contributed by atoms with E-state index in [-0.39, 0.29) is 20.1 Å². The van der Waals surface area contributed by atoms with E-state index in [4.69, 9.17) is 14.4 Å². The number of imidazole rings is 1. The van der Waals surface area contributed by atoms with Gasteiger partial charge < -0.3 is 14.0 Å². The number of pyridine rings is 2. The molecular weight excluding hydrogens is 821 g/mol. The SMILES string of the molecule is C[Si](C)(C)c1ccc2c(c1)oc1c(-c3nc4cc(-c5ccccc5)cnc4n3-c3ccccc3)[c-]ccc12.[Ir].[c-]1ccccc1-c1ccccn1. The molecule has 9 aromatic rings. The third-order valence-corrected chi connectivity index (χ3v) is 10.8. The van der Waals surface area contributed by atoms with E-state index in [1.807, 2.05) is 91.1 Å². The summed E-state index contributed by atoms with van der Waals surface area (Å²) in [6.07, 6.45) is 3.71. The Morgan fingerprint density at radius 1 is 0.667 bits per heavy atom. The fraction of sp³-hybridized carbons (Fsp3) is 0.0682. The Hall–Kier alpha value is -5.46. The monoisotopic (exact) mass is 855 g/mol. The molecule has 0 N–H and O–H groups in total. The molecule has 251 valence electrons. The number of fused-ring (bicyclic) bond motifs is 4. The van der Waals surface area contributed by atoms with Gasteiger partial charge in [-0.25, -0.2) is 4.98 Å². The quantitative estimate of drug-likeness (QED) is 0.128. The first-order chi connectivity index (χ1) is 24.4. The summed E-state index contributed by atoms with van der Waals surface area (Å²) in [5, 5.41) is 3.56. The minimum Gasteiger partial charge on any atom is -0.501 e. The van der Waals surface area contributed by atoms with E-state index in [0.717, 1.165) is 72.6 Å². The van der Waals surface area contributed by atoms with E-state index in [9.17, 15) is 0 Å². The smallest absolute Gasteiger partial charge is 0.155 e. The molecule has 0 aliphatic rings. The average Bonchev–Trinajstić information content (AvgIpc) is 3.74. The zero-order chi connectivity index (χ0) is 34.1. The molecule has 0 aliphatic carbocycles. The predicted octanol–water partition coefficient (Wildman–Crippen LogP) is 10.5. The third-order valence-electron chi connectivity index (χ3n) is 8.79. The van der Waals surface area contributed by atoms with Crippen molar-refractivity contribution in [2.75, 3.05) is 0 Å². The minimum absolute atomic E-state index is 0. The van der Waals surface area contributed by atoms with Crippen molar-refractivity contribution in [2.45, 2.75) is 19.6 Å². The van der Waals surface area contributed by atoms with Gasteiger partial charge in [-0.05, 0) is 41.6 Å². The van der Waals surface area contributed by atoms with Gasteiger partial charge in [-0.2, -0.15) is 0 Å². The van der Waals surface area contributed by atoms with Crippen molar-refractivity contribution in [1.82, 2.24) is 19.5 Å². The Morgan fingerprint density at radius 3 is 2.16 bits per heavy atom. The molecule has 9 rings (SSSR count). The van der Waals surface area contributed by atoms with Gasteiger partial charge in [-0.3, -0.25) is 4.98 Å². The molecule has 4 heterocycles. The van der Waals surface area contributed by atoms with Crippen molar-refractivity contribution < 1.29 is 24.5 Å². The van der Waals surface area contributed by atoms with Crippen LogP contribution >= 0.6 is 0 Å². The van der Waals surface area contributed by atoms with Crippen LogP contribution in [0.25, 0.3) is 72.6 Å². The summed E-state index contributed by atoms with van der Waals surface area (Å²) >= 11 is 0. The number of hydrogen-bond donors (Lipinski definition) is 0. The number of benzene rings is 5. The fourth-order valence-corrected chi connectivity index (χ4v) is 7.34. The standard InChI is InChI=1S/C33H26N3OSi.C11H8N.Ir/c1-38(2,3)25-17-18-26-27-15-10-16-28(31(27)37-30(26)20-25)32-35-29-19-23(22-11-6-4-7-12-22)21-34-33(29)36(32)24-13-8-5-9-14-24;1-2-6-10(7-3-1)11-8-4-5-9-12-11;/h4-15,17-21H,1-3H3;1-6,8-9H;/q2*-1;. The summed E-state index contributed by atoms with van der Waals surface area (Å²) in [5.41, 5.74) is 9.31. The molecule has 5 nitrogen and oxygen atoms in total. The Kier molecular flexibility index (Phi) is 9.61. The van der Waals surface area contributed by atoms with Crippen molar-refractivity contribution in [2.24, 2.45) is 0 Å². The van der Waals surface area contributed by atoms with E-state index >= 15 is 0 Å². The Bertz CT molecular complexity index is 2530. The normalized spacial score (nSPS) is 11.3. The van der Waals surface area contributed by atoms with Crippen LogP contribution in [0.5, 0.6) is 0 Å². The first-order valence-corrected chi connectivity index (χ1v) is 20.2.